The van der Waals surface area contributed by atoms with Crippen LogP contribution < -0.4 is 14.4 Å². The number of halogens is 1. The minimum absolute atomic E-state index is 0.0146. The Morgan fingerprint density at radius 3 is 2.18 bits per heavy atom. The Kier molecular flexibility index (Phi) is 10.2. The molecule has 8 nitrogen and oxygen atoms in total. The van der Waals surface area contributed by atoms with Crippen molar-refractivity contribution in [1.29, 1.82) is 0 Å². The van der Waals surface area contributed by atoms with Crippen LogP contribution in [0, 0.1) is 6.92 Å². The molecule has 208 valence electrons. The average molecular weight is 617 g/mol. The van der Waals surface area contributed by atoms with Gasteiger partial charge in [0.2, 0.25) is 11.8 Å². The number of nitrogens with one attached hydrogen (secondary N) is 1. The van der Waals surface area contributed by atoms with Crippen molar-refractivity contribution in [3.05, 3.63) is 88.4 Å². The summed E-state index contributed by atoms with van der Waals surface area (Å²) in [4.78, 5) is 28.3. The number of ether oxygens (including phenoxy) is 1. The number of carbonyl (C=O) groups is 2. The molecule has 3 rings (SSSR count). The molecule has 1 atom stereocenters. The van der Waals surface area contributed by atoms with E-state index in [1.54, 1.807) is 43.3 Å². The predicted octanol–water partition coefficient (Wildman–Crippen LogP) is 4.90. The zero-order valence-corrected chi connectivity index (χ0v) is 25.1. The Morgan fingerprint density at radius 1 is 0.974 bits per heavy atom. The van der Waals surface area contributed by atoms with E-state index in [9.17, 15) is 18.0 Å². The van der Waals surface area contributed by atoms with Gasteiger partial charge in [0.25, 0.3) is 10.0 Å². The number of hydrogen-bond acceptors (Lipinski definition) is 5. The van der Waals surface area contributed by atoms with Crippen molar-refractivity contribution in [3.63, 3.8) is 0 Å². The summed E-state index contributed by atoms with van der Waals surface area (Å²) in [7, 11) is -2.65. The lowest BCUT2D eigenvalue weighted by molar-refractivity contribution is -0.139. The minimum Gasteiger partial charge on any atom is -0.497 e. The van der Waals surface area contributed by atoms with E-state index in [-0.39, 0.29) is 23.4 Å². The first-order valence-corrected chi connectivity index (χ1v) is 14.7. The summed E-state index contributed by atoms with van der Waals surface area (Å²) in [6.07, 6.45) is 0. The highest BCUT2D eigenvalue weighted by atomic mass is 79.9. The van der Waals surface area contributed by atoms with Gasteiger partial charge in [0.1, 0.15) is 18.3 Å². The number of hydrogen-bond donors (Lipinski definition) is 1. The van der Waals surface area contributed by atoms with Crippen molar-refractivity contribution in [3.8, 4) is 5.75 Å². The van der Waals surface area contributed by atoms with Gasteiger partial charge in [-0.15, -0.1) is 0 Å². The molecule has 2 amide bonds. The molecule has 10 heteroatoms. The minimum atomic E-state index is -4.14. The van der Waals surface area contributed by atoms with Gasteiger partial charge in [-0.1, -0.05) is 45.8 Å². The van der Waals surface area contributed by atoms with Crippen LogP contribution in [0.2, 0.25) is 0 Å². The van der Waals surface area contributed by atoms with Crippen LogP contribution in [0.1, 0.15) is 31.9 Å². The topological polar surface area (TPSA) is 96.0 Å². The first-order valence-electron chi connectivity index (χ1n) is 12.5. The number of benzene rings is 3. The van der Waals surface area contributed by atoms with E-state index in [2.05, 4.69) is 21.2 Å². The van der Waals surface area contributed by atoms with Crippen molar-refractivity contribution in [2.45, 2.75) is 51.2 Å². The Labute approximate surface area is 239 Å². The number of anilines is 1. The van der Waals surface area contributed by atoms with E-state index < -0.39 is 28.5 Å². The number of amides is 2. The summed E-state index contributed by atoms with van der Waals surface area (Å²) in [5, 5.41) is 2.85. The number of methoxy groups -OCH3 is 1. The zero-order chi connectivity index (χ0) is 28.7. The third-order valence-electron chi connectivity index (χ3n) is 6.09. The largest absolute Gasteiger partial charge is 0.497 e. The molecule has 0 bridgehead atoms. The van der Waals surface area contributed by atoms with Crippen LogP contribution >= 0.6 is 15.9 Å². The summed E-state index contributed by atoms with van der Waals surface area (Å²) in [6, 6.07) is 19.3. The van der Waals surface area contributed by atoms with Gasteiger partial charge in [-0.05, 0) is 81.8 Å². The second-order valence-electron chi connectivity index (χ2n) is 9.51. The van der Waals surface area contributed by atoms with Crippen molar-refractivity contribution in [2.75, 3.05) is 18.0 Å². The van der Waals surface area contributed by atoms with Gasteiger partial charge in [0.05, 0.1) is 17.7 Å². The Morgan fingerprint density at radius 2 is 1.62 bits per heavy atom. The molecule has 3 aromatic carbocycles. The normalized spacial score (nSPS) is 12.1. The summed E-state index contributed by atoms with van der Waals surface area (Å²) in [5.41, 5.74) is 2.08. The molecule has 0 heterocycles. The zero-order valence-electron chi connectivity index (χ0n) is 22.7. The van der Waals surface area contributed by atoms with Crippen LogP contribution in [-0.4, -0.2) is 50.9 Å². The van der Waals surface area contributed by atoms with Gasteiger partial charge >= 0.3 is 0 Å². The van der Waals surface area contributed by atoms with E-state index in [4.69, 9.17) is 4.74 Å². The highest BCUT2D eigenvalue weighted by Gasteiger charge is 2.32. The van der Waals surface area contributed by atoms with Crippen molar-refractivity contribution in [1.82, 2.24) is 10.2 Å². The monoisotopic (exact) mass is 615 g/mol. The Balaban J connectivity index is 2.03. The number of aryl methyl sites for hydroxylation is 1. The van der Waals surface area contributed by atoms with Crippen LogP contribution in [0.4, 0.5) is 5.69 Å². The quantitative estimate of drug-likeness (QED) is 0.331. The number of carbonyl (C=O) groups excluding carboxylic acids is 2. The molecule has 0 aliphatic rings. The molecular formula is C29H34BrN3O5S. The van der Waals surface area contributed by atoms with Gasteiger partial charge in [-0.25, -0.2) is 8.42 Å². The fourth-order valence-electron chi connectivity index (χ4n) is 3.93. The summed E-state index contributed by atoms with van der Waals surface area (Å²) in [6.45, 7) is 6.84. The van der Waals surface area contributed by atoms with E-state index in [0.29, 0.717) is 11.4 Å². The van der Waals surface area contributed by atoms with Gasteiger partial charge in [0, 0.05) is 17.1 Å². The third-order valence-corrected chi connectivity index (χ3v) is 8.37. The highest BCUT2D eigenvalue weighted by molar-refractivity contribution is 9.10. The molecule has 39 heavy (non-hydrogen) atoms. The Bertz CT molecular complexity index is 1390. The Hall–Kier alpha value is -3.37. The second kappa shape index (κ2) is 13.1. The first kappa shape index (κ1) is 30.2. The predicted molar refractivity (Wildman–Crippen MR) is 156 cm³/mol. The fourth-order valence-corrected chi connectivity index (χ4v) is 5.80. The number of sulfonamides is 1. The average Bonchev–Trinajstić information content (AvgIpc) is 2.90. The van der Waals surface area contributed by atoms with Gasteiger partial charge < -0.3 is 15.0 Å². The van der Waals surface area contributed by atoms with Crippen LogP contribution in [0.5, 0.6) is 5.75 Å². The maximum absolute atomic E-state index is 13.9. The van der Waals surface area contributed by atoms with Gasteiger partial charge in [0.15, 0.2) is 0 Å². The highest BCUT2D eigenvalue weighted by Crippen LogP contribution is 2.26. The summed E-state index contributed by atoms with van der Waals surface area (Å²) >= 11 is 3.45. The smallest absolute Gasteiger partial charge is 0.264 e. The molecule has 0 aromatic heterocycles. The van der Waals surface area contributed by atoms with Crippen LogP contribution in [-0.2, 0) is 26.2 Å². The molecule has 3 aromatic rings. The molecule has 0 radical (unpaired) electrons. The van der Waals surface area contributed by atoms with Crippen molar-refractivity contribution < 1.29 is 22.7 Å². The van der Waals surface area contributed by atoms with Crippen LogP contribution in [0.25, 0.3) is 0 Å². The maximum atomic E-state index is 13.9. The SMILES string of the molecule is COc1ccc(S(=O)(=O)N(CC(=O)N(Cc2cccc(Br)c2)[C@H](C)C(=O)NC(C)C)c2ccc(C)cc2)cc1. The molecule has 0 spiro atoms. The van der Waals surface area contributed by atoms with E-state index in [1.165, 1.54) is 24.1 Å². The first-order chi connectivity index (χ1) is 18.4. The molecular weight excluding hydrogens is 582 g/mol. The van der Waals surface area contributed by atoms with Gasteiger partial charge in [-0.2, -0.15) is 0 Å². The van der Waals surface area contributed by atoms with Crippen LogP contribution in [0.15, 0.2) is 82.2 Å². The fraction of sp³-hybridized carbons (Fsp3) is 0.310. The molecule has 0 aliphatic heterocycles. The number of rotatable bonds is 11. The molecule has 0 saturated carbocycles. The lowest BCUT2D eigenvalue weighted by Crippen LogP contribution is -2.52. The molecule has 0 aliphatic carbocycles. The molecule has 0 unspecified atom stereocenters. The lowest BCUT2D eigenvalue weighted by atomic mass is 10.1. The maximum Gasteiger partial charge on any atom is 0.264 e. The van der Waals surface area contributed by atoms with Gasteiger partial charge in [-0.3, -0.25) is 13.9 Å². The standard InChI is InChI=1S/C29H34BrN3O5S/c1-20(2)31-29(35)22(4)32(18-23-7-6-8-24(30)17-23)28(34)19-33(25-11-9-21(3)10-12-25)39(36,37)27-15-13-26(38-5)14-16-27/h6-17,20,22H,18-19H2,1-5H3,(H,31,35)/t22-/m1/s1. The van der Waals surface area contributed by atoms with Crippen LogP contribution in [0.3, 0.4) is 0 Å². The van der Waals surface area contributed by atoms with Crippen molar-refractivity contribution in [2.24, 2.45) is 0 Å². The summed E-state index contributed by atoms with van der Waals surface area (Å²) in [5.74, 6) is -0.329. The van der Waals surface area contributed by atoms with E-state index >= 15 is 0 Å². The second-order valence-corrected chi connectivity index (χ2v) is 12.3. The molecule has 0 saturated heterocycles. The van der Waals surface area contributed by atoms with E-state index in [0.717, 1.165) is 19.9 Å². The molecule has 0 fully saturated rings. The number of nitrogens with zero attached hydrogens (tertiary/aromatic N) is 2. The van der Waals surface area contributed by atoms with E-state index in [1.807, 2.05) is 45.0 Å². The molecule has 1 N–H and O–H groups in total. The summed E-state index contributed by atoms with van der Waals surface area (Å²) < 4.78 is 34.8. The third kappa shape index (κ3) is 7.83. The van der Waals surface area contributed by atoms with Crippen molar-refractivity contribution >= 4 is 43.5 Å². The lowest BCUT2D eigenvalue weighted by Gasteiger charge is -2.32.